The summed E-state index contributed by atoms with van der Waals surface area (Å²) in [6.45, 7) is 1.31. The first-order valence-electron chi connectivity index (χ1n) is 7.44. The van der Waals surface area contributed by atoms with E-state index in [1.54, 1.807) is 19.5 Å². The lowest BCUT2D eigenvalue weighted by atomic mass is 10.1. The molecule has 0 aliphatic heterocycles. The molecule has 0 saturated carbocycles. The molecule has 0 aliphatic rings. The lowest BCUT2D eigenvalue weighted by Gasteiger charge is -2.10. The number of ether oxygens (including phenoxy) is 1. The van der Waals surface area contributed by atoms with E-state index in [4.69, 9.17) is 9.72 Å². The Morgan fingerprint density at radius 2 is 1.74 bits per heavy atom. The summed E-state index contributed by atoms with van der Waals surface area (Å²) < 4.78 is 5.08. The summed E-state index contributed by atoms with van der Waals surface area (Å²) in [6.07, 6.45) is 3.48. The smallest absolute Gasteiger partial charge is 0.162 e. The molecule has 23 heavy (non-hydrogen) atoms. The summed E-state index contributed by atoms with van der Waals surface area (Å²) in [5.41, 5.74) is 2.87. The highest BCUT2D eigenvalue weighted by molar-refractivity contribution is 5.67. The van der Waals surface area contributed by atoms with Gasteiger partial charge < -0.3 is 10.1 Å². The highest BCUT2D eigenvalue weighted by Gasteiger charge is 2.08. The van der Waals surface area contributed by atoms with E-state index in [0.717, 1.165) is 22.6 Å². The fourth-order valence-electron chi connectivity index (χ4n) is 2.21. The van der Waals surface area contributed by atoms with Crippen molar-refractivity contribution in [1.82, 2.24) is 15.0 Å². The van der Waals surface area contributed by atoms with Crippen molar-refractivity contribution in [2.75, 3.05) is 25.6 Å². The van der Waals surface area contributed by atoms with Gasteiger partial charge in [0, 0.05) is 43.2 Å². The van der Waals surface area contributed by atoms with E-state index in [2.05, 4.69) is 15.3 Å². The second-order valence-corrected chi connectivity index (χ2v) is 4.98. The first-order chi connectivity index (χ1) is 11.4. The minimum Gasteiger partial charge on any atom is -0.383 e. The van der Waals surface area contributed by atoms with Crippen molar-refractivity contribution in [3.63, 3.8) is 0 Å². The lowest BCUT2D eigenvalue weighted by molar-refractivity contribution is 0.210. The SMILES string of the molecule is COCCNc1cc(-c2ccccc2)nc(-c2ccncc2)n1. The molecule has 0 aliphatic carbocycles. The van der Waals surface area contributed by atoms with Crippen LogP contribution in [0.5, 0.6) is 0 Å². The van der Waals surface area contributed by atoms with E-state index >= 15 is 0 Å². The fraction of sp³-hybridized carbons (Fsp3) is 0.167. The molecule has 3 rings (SSSR count). The van der Waals surface area contributed by atoms with Crippen LogP contribution in [-0.4, -0.2) is 35.2 Å². The van der Waals surface area contributed by atoms with Crippen LogP contribution < -0.4 is 5.32 Å². The maximum Gasteiger partial charge on any atom is 0.162 e. The van der Waals surface area contributed by atoms with Gasteiger partial charge in [0.25, 0.3) is 0 Å². The molecule has 0 amide bonds. The Labute approximate surface area is 135 Å². The Balaban J connectivity index is 2.00. The van der Waals surface area contributed by atoms with Crippen molar-refractivity contribution in [2.24, 2.45) is 0 Å². The molecule has 116 valence electrons. The number of aromatic nitrogens is 3. The largest absolute Gasteiger partial charge is 0.383 e. The zero-order valence-electron chi connectivity index (χ0n) is 12.9. The van der Waals surface area contributed by atoms with E-state index < -0.39 is 0 Å². The van der Waals surface area contributed by atoms with Gasteiger partial charge in [-0.25, -0.2) is 9.97 Å². The van der Waals surface area contributed by atoms with Crippen LogP contribution in [0, 0.1) is 0 Å². The molecule has 0 spiro atoms. The Morgan fingerprint density at radius 3 is 2.48 bits per heavy atom. The van der Waals surface area contributed by atoms with Gasteiger partial charge in [-0.1, -0.05) is 30.3 Å². The van der Waals surface area contributed by atoms with E-state index in [9.17, 15) is 0 Å². The van der Waals surface area contributed by atoms with Gasteiger partial charge in [-0.2, -0.15) is 0 Å². The molecular formula is C18H18N4O. The number of nitrogens with one attached hydrogen (secondary N) is 1. The average Bonchev–Trinajstić information content (AvgIpc) is 2.63. The van der Waals surface area contributed by atoms with Crippen LogP contribution in [0.4, 0.5) is 5.82 Å². The summed E-state index contributed by atoms with van der Waals surface area (Å²) in [5, 5.41) is 3.27. The molecule has 0 radical (unpaired) electrons. The quantitative estimate of drug-likeness (QED) is 0.708. The van der Waals surface area contributed by atoms with Crippen molar-refractivity contribution >= 4 is 5.82 Å². The van der Waals surface area contributed by atoms with Gasteiger partial charge in [-0.3, -0.25) is 4.98 Å². The molecule has 3 aromatic rings. The number of pyridine rings is 1. The molecule has 1 aromatic carbocycles. The van der Waals surface area contributed by atoms with Crippen molar-refractivity contribution < 1.29 is 4.74 Å². The molecule has 0 unspecified atom stereocenters. The number of benzene rings is 1. The molecule has 0 saturated heterocycles. The molecule has 1 N–H and O–H groups in total. The van der Waals surface area contributed by atoms with Crippen LogP contribution in [0.3, 0.4) is 0 Å². The normalized spacial score (nSPS) is 10.5. The topological polar surface area (TPSA) is 59.9 Å². The number of hydrogen-bond acceptors (Lipinski definition) is 5. The number of anilines is 1. The second kappa shape index (κ2) is 7.47. The van der Waals surface area contributed by atoms with Crippen molar-refractivity contribution in [1.29, 1.82) is 0 Å². The standard InChI is InChI=1S/C18H18N4O/c1-23-12-11-20-17-13-16(14-5-3-2-4-6-14)21-18(22-17)15-7-9-19-10-8-15/h2-10,13H,11-12H2,1H3,(H,20,21,22). The summed E-state index contributed by atoms with van der Waals surface area (Å²) in [4.78, 5) is 13.3. The fourth-order valence-corrected chi connectivity index (χ4v) is 2.21. The molecule has 5 nitrogen and oxygen atoms in total. The Morgan fingerprint density at radius 1 is 0.957 bits per heavy atom. The summed E-state index contributed by atoms with van der Waals surface area (Å²) >= 11 is 0. The summed E-state index contributed by atoms with van der Waals surface area (Å²) in [5.74, 6) is 1.45. The highest BCUT2D eigenvalue weighted by atomic mass is 16.5. The molecule has 0 fully saturated rings. The zero-order chi connectivity index (χ0) is 15.9. The molecule has 5 heteroatoms. The van der Waals surface area contributed by atoms with Crippen LogP contribution in [-0.2, 0) is 4.74 Å². The van der Waals surface area contributed by atoms with Crippen molar-refractivity contribution in [3.05, 3.63) is 60.9 Å². The van der Waals surface area contributed by atoms with E-state index in [1.165, 1.54) is 0 Å². The van der Waals surface area contributed by atoms with Crippen LogP contribution in [0.1, 0.15) is 0 Å². The van der Waals surface area contributed by atoms with Gasteiger partial charge in [0.05, 0.1) is 12.3 Å². The Hall–Kier alpha value is -2.79. The van der Waals surface area contributed by atoms with Gasteiger partial charge in [0.1, 0.15) is 5.82 Å². The maximum absolute atomic E-state index is 5.08. The summed E-state index contributed by atoms with van der Waals surface area (Å²) in [6, 6.07) is 15.8. The lowest BCUT2D eigenvalue weighted by Crippen LogP contribution is -2.09. The van der Waals surface area contributed by atoms with Crippen LogP contribution >= 0.6 is 0 Å². The third-order valence-corrected chi connectivity index (χ3v) is 3.35. The monoisotopic (exact) mass is 306 g/mol. The molecule has 0 bridgehead atoms. The van der Waals surface area contributed by atoms with Gasteiger partial charge in [0.2, 0.25) is 0 Å². The minimum atomic E-state index is 0.620. The van der Waals surface area contributed by atoms with Gasteiger partial charge in [-0.05, 0) is 12.1 Å². The zero-order valence-corrected chi connectivity index (χ0v) is 12.9. The Bertz CT molecular complexity index is 690. The first-order valence-corrected chi connectivity index (χ1v) is 7.44. The first kappa shape index (κ1) is 15.1. The van der Waals surface area contributed by atoms with Gasteiger partial charge in [-0.15, -0.1) is 0 Å². The highest BCUT2D eigenvalue weighted by Crippen LogP contribution is 2.23. The van der Waals surface area contributed by atoms with Gasteiger partial charge >= 0.3 is 0 Å². The van der Waals surface area contributed by atoms with Gasteiger partial charge in [0.15, 0.2) is 5.82 Å². The number of methoxy groups -OCH3 is 1. The third-order valence-electron chi connectivity index (χ3n) is 3.35. The summed E-state index contributed by atoms with van der Waals surface area (Å²) in [7, 11) is 1.68. The van der Waals surface area contributed by atoms with E-state index in [-0.39, 0.29) is 0 Å². The third kappa shape index (κ3) is 3.90. The second-order valence-electron chi connectivity index (χ2n) is 4.98. The molecule has 2 aromatic heterocycles. The van der Waals surface area contributed by atoms with E-state index in [0.29, 0.717) is 19.0 Å². The number of hydrogen-bond donors (Lipinski definition) is 1. The van der Waals surface area contributed by atoms with Crippen LogP contribution in [0.25, 0.3) is 22.6 Å². The Kier molecular flexibility index (Phi) is 4.91. The predicted octanol–water partition coefficient (Wildman–Crippen LogP) is 3.26. The number of rotatable bonds is 6. The number of nitrogens with zero attached hydrogens (tertiary/aromatic N) is 3. The molecule has 0 atom stereocenters. The maximum atomic E-state index is 5.08. The average molecular weight is 306 g/mol. The van der Waals surface area contributed by atoms with Crippen molar-refractivity contribution in [3.8, 4) is 22.6 Å². The van der Waals surface area contributed by atoms with E-state index in [1.807, 2.05) is 48.5 Å². The predicted molar refractivity (Wildman–Crippen MR) is 91.1 cm³/mol. The van der Waals surface area contributed by atoms with Crippen molar-refractivity contribution in [2.45, 2.75) is 0 Å². The minimum absolute atomic E-state index is 0.620. The molecule has 2 heterocycles. The van der Waals surface area contributed by atoms with Crippen LogP contribution in [0.2, 0.25) is 0 Å². The van der Waals surface area contributed by atoms with Crippen LogP contribution in [0.15, 0.2) is 60.9 Å². The molecular weight excluding hydrogens is 288 g/mol.